The standard InChI is InChI=1S/C30H50O5/c1-17-9-12-30(25(34)35)14-13-28(5)19(23(30)18(17)2)7-8-22-26(3)15-20(32)24(33)27(4,16-31)21(26)10-11-29(22,28)6/h17-24,31-33H,7-16H2,1-6H3,(H,34,35)/t17-,18+,19?,20-,21-,22-,23+,24+,26+,27+,28-,29-,30+/m1/s1. The number of aliphatic carboxylic acids is 1. The number of aliphatic hydroxyl groups is 3. The van der Waals surface area contributed by atoms with Crippen molar-refractivity contribution in [2.45, 2.75) is 112 Å². The summed E-state index contributed by atoms with van der Waals surface area (Å²) >= 11 is 0. The fourth-order valence-electron chi connectivity index (χ4n) is 11.8. The van der Waals surface area contributed by atoms with Crippen LogP contribution in [0.3, 0.4) is 0 Å². The average Bonchev–Trinajstić information content (AvgIpc) is 2.80. The van der Waals surface area contributed by atoms with Crippen molar-refractivity contribution in [1.82, 2.24) is 0 Å². The Labute approximate surface area is 212 Å². The van der Waals surface area contributed by atoms with Crippen molar-refractivity contribution >= 4 is 5.97 Å². The predicted octanol–water partition coefficient (Wildman–Crippen LogP) is 5.11. The first kappa shape index (κ1) is 26.0. The Morgan fingerprint density at radius 3 is 2.17 bits per heavy atom. The monoisotopic (exact) mass is 490 g/mol. The molecule has 5 heteroatoms. The van der Waals surface area contributed by atoms with Gasteiger partial charge in [0.2, 0.25) is 0 Å². The van der Waals surface area contributed by atoms with Gasteiger partial charge in [-0.15, -0.1) is 0 Å². The van der Waals surface area contributed by atoms with Gasteiger partial charge in [-0.25, -0.2) is 0 Å². The Hall–Kier alpha value is -0.650. The van der Waals surface area contributed by atoms with Gasteiger partial charge in [-0.05, 0) is 110 Å². The molecule has 0 heterocycles. The van der Waals surface area contributed by atoms with Crippen molar-refractivity contribution in [3.63, 3.8) is 0 Å². The average molecular weight is 491 g/mol. The highest BCUT2D eigenvalue weighted by atomic mass is 16.4. The van der Waals surface area contributed by atoms with Gasteiger partial charge in [0, 0.05) is 5.41 Å². The van der Waals surface area contributed by atoms with Crippen LogP contribution in [0.15, 0.2) is 0 Å². The number of rotatable bonds is 2. The molecule has 0 aromatic carbocycles. The van der Waals surface area contributed by atoms with Crippen LogP contribution < -0.4 is 0 Å². The molecule has 5 nitrogen and oxygen atoms in total. The number of hydrogen-bond donors (Lipinski definition) is 4. The lowest BCUT2D eigenvalue weighted by Gasteiger charge is -2.74. The molecular formula is C30H50O5. The minimum atomic E-state index is -0.891. The zero-order valence-corrected chi connectivity index (χ0v) is 22.9. The smallest absolute Gasteiger partial charge is 0.309 e. The van der Waals surface area contributed by atoms with E-state index in [2.05, 4.69) is 34.6 Å². The van der Waals surface area contributed by atoms with Crippen molar-refractivity contribution in [2.24, 2.45) is 62.6 Å². The van der Waals surface area contributed by atoms with Crippen molar-refractivity contribution in [3.8, 4) is 0 Å². The molecule has 5 rings (SSSR count). The van der Waals surface area contributed by atoms with Crippen LogP contribution in [0.5, 0.6) is 0 Å². The van der Waals surface area contributed by atoms with Crippen molar-refractivity contribution in [3.05, 3.63) is 0 Å². The Morgan fingerprint density at radius 2 is 1.54 bits per heavy atom. The first-order valence-electron chi connectivity index (χ1n) is 14.4. The van der Waals surface area contributed by atoms with E-state index in [0.29, 0.717) is 30.1 Å². The van der Waals surface area contributed by atoms with Crippen LogP contribution in [0.4, 0.5) is 0 Å². The minimum absolute atomic E-state index is 0.0601. The lowest BCUT2D eigenvalue weighted by Crippen LogP contribution is -2.70. The first-order chi connectivity index (χ1) is 16.2. The number of carboxylic acid groups (broad SMARTS) is 1. The Kier molecular flexibility index (Phi) is 5.88. The third kappa shape index (κ3) is 3.01. The fourth-order valence-corrected chi connectivity index (χ4v) is 11.8. The zero-order valence-electron chi connectivity index (χ0n) is 22.9. The third-order valence-corrected chi connectivity index (χ3v) is 14.1. The van der Waals surface area contributed by atoms with Crippen molar-refractivity contribution in [1.29, 1.82) is 0 Å². The molecular weight excluding hydrogens is 440 g/mol. The van der Waals surface area contributed by atoms with Crippen molar-refractivity contribution in [2.75, 3.05) is 6.61 Å². The number of fused-ring (bicyclic) bond motifs is 7. The van der Waals surface area contributed by atoms with Gasteiger partial charge in [-0.1, -0.05) is 41.5 Å². The van der Waals surface area contributed by atoms with Gasteiger partial charge in [-0.2, -0.15) is 0 Å². The summed E-state index contributed by atoms with van der Waals surface area (Å²) in [6.45, 7) is 13.8. The van der Waals surface area contributed by atoms with Gasteiger partial charge in [0.15, 0.2) is 0 Å². The lowest BCUT2D eigenvalue weighted by atomic mass is 9.31. The predicted molar refractivity (Wildman–Crippen MR) is 135 cm³/mol. The second-order valence-electron chi connectivity index (χ2n) is 14.9. The summed E-state index contributed by atoms with van der Waals surface area (Å²) in [5.41, 5.74) is -1.28. The van der Waals surface area contributed by atoms with E-state index in [-0.39, 0.29) is 34.7 Å². The molecule has 5 aliphatic carbocycles. The van der Waals surface area contributed by atoms with Crippen LogP contribution >= 0.6 is 0 Å². The first-order valence-corrected chi connectivity index (χ1v) is 14.4. The molecule has 0 spiro atoms. The number of carboxylic acids is 1. The van der Waals surface area contributed by atoms with Crippen LogP contribution in [-0.4, -0.2) is 45.2 Å². The molecule has 0 radical (unpaired) electrons. The van der Waals surface area contributed by atoms with Crippen LogP contribution in [0.1, 0.15) is 99.3 Å². The maximum atomic E-state index is 12.8. The topological polar surface area (TPSA) is 98.0 Å². The number of hydrogen-bond acceptors (Lipinski definition) is 4. The Morgan fingerprint density at radius 1 is 0.857 bits per heavy atom. The quantitative estimate of drug-likeness (QED) is 0.431. The Bertz CT molecular complexity index is 875. The van der Waals surface area contributed by atoms with E-state index in [9.17, 15) is 25.2 Å². The summed E-state index contributed by atoms with van der Waals surface area (Å²) in [6, 6.07) is 0. The molecule has 0 aromatic rings. The minimum Gasteiger partial charge on any atom is -0.481 e. The highest BCUT2D eigenvalue weighted by Gasteiger charge is 2.72. The maximum Gasteiger partial charge on any atom is 0.309 e. The largest absolute Gasteiger partial charge is 0.481 e. The molecule has 4 N–H and O–H groups in total. The van der Waals surface area contributed by atoms with Crippen LogP contribution in [-0.2, 0) is 4.79 Å². The summed E-state index contributed by atoms with van der Waals surface area (Å²) in [4.78, 5) is 12.8. The molecule has 5 saturated carbocycles. The normalized spacial score (nSPS) is 60.0. The summed E-state index contributed by atoms with van der Waals surface area (Å²) in [7, 11) is 0. The highest BCUT2D eigenvalue weighted by molar-refractivity contribution is 5.75. The zero-order chi connectivity index (χ0) is 25.8. The molecule has 35 heavy (non-hydrogen) atoms. The van der Waals surface area contributed by atoms with E-state index in [1.807, 2.05) is 6.92 Å². The lowest BCUT2D eigenvalue weighted by molar-refractivity contribution is -0.276. The highest BCUT2D eigenvalue weighted by Crippen LogP contribution is 2.77. The molecule has 0 bridgehead atoms. The number of carbonyl (C=O) groups is 1. The van der Waals surface area contributed by atoms with Gasteiger partial charge >= 0.3 is 5.97 Å². The molecule has 5 aliphatic rings. The van der Waals surface area contributed by atoms with E-state index in [0.717, 1.165) is 51.4 Å². The molecule has 0 amide bonds. The van der Waals surface area contributed by atoms with Gasteiger partial charge in [0.05, 0.1) is 24.2 Å². The van der Waals surface area contributed by atoms with E-state index in [4.69, 9.17) is 0 Å². The van der Waals surface area contributed by atoms with E-state index < -0.39 is 29.0 Å². The molecule has 13 atom stereocenters. The Balaban J connectivity index is 1.57. The maximum absolute atomic E-state index is 12.8. The van der Waals surface area contributed by atoms with Gasteiger partial charge in [0.1, 0.15) is 0 Å². The molecule has 200 valence electrons. The van der Waals surface area contributed by atoms with Crippen LogP contribution in [0.25, 0.3) is 0 Å². The van der Waals surface area contributed by atoms with Gasteiger partial charge < -0.3 is 20.4 Å². The fraction of sp³-hybridized carbons (Fsp3) is 0.967. The summed E-state index contributed by atoms with van der Waals surface area (Å²) in [5.74, 6) is 1.63. The van der Waals surface area contributed by atoms with E-state index in [1.165, 1.54) is 0 Å². The van der Waals surface area contributed by atoms with Gasteiger partial charge in [0.25, 0.3) is 0 Å². The number of aliphatic hydroxyl groups excluding tert-OH is 3. The molecule has 0 saturated heterocycles. The molecule has 5 fully saturated rings. The molecule has 0 aromatic heterocycles. The molecule has 1 unspecified atom stereocenters. The molecule has 0 aliphatic heterocycles. The second-order valence-corrected chi connectivity index (χ2v) is 14.9. The van der Waals surface area contributed by atoms with Crippen LogP contribution in [0, 0.1) is 62.6 Å². The summed E-state index contributed by atoms with van der Waals surface area (Å²) < 4.78 is 0. The summed E-state index contributed by atoms with van der Waals surface area (Å²) in [6.07, 6.45) is 6.61. The third-order valence-electron chi connectivity index (χ3n) is 14.1. The second kappa shape index (κ2) is 7.93. The SMILES string of the molecule is C[C@H]1[C@H](C)CC[C@]2(C(=O)O)CC[C@]3(C)C(CC[C@@H]4[C@@]5(C)C[C@@H](O)[C@H](O)[C@@](C)(CO)[C@@H]5CC[C@]43C)[C@H]12. The van der Waals surface area contributed by atoms with Gasteiger partial charge in [-0.3, -0.25) is 4.79 Å². The summed E-state index contributed by atoms with van der Waals surface area (Å²) in [5, 5.41) is 42.9. The van der Waals surface area contributed by atoms with E-state index in [1.54, 1.807) is 0 Å². The van der Waals surface area contributed by atoms with E-state index >= 15 is 0 Å². The van der Waals surface area contributed by atoms with Crippen molar-refractivity contribution < 1.29 is 25.2 Å². The van der Waals surface area contributed by atoms with Crippen LogP contribution in [0.2, 0.25) is 0 Å².